The van der Waals surface area contributed by atoms with Crippen molar-refractivity contribution in [1.29, 1.82) is 0 Å². The molecule has 9 heteroatoms. The Morgan fingerprint density at radius 2 is 1.78 bits per heavy atom. The van der Waals surface area contributed by atoms with E-state index in [9.17, 15) is 9.59 Å². The van der Waals surface area contributed by atoms with Crippen molar-refractivity contribution in [3.8, 4) is 0 Å². The Bertz CT molecular complexity index is 630. The number of β-amino-alcohol motifs (C(OH)–C–C–N with tert-alkyl or cyclic N) is 1. The Hall–Kier alpha value is -1.97. The summed E-state index contributed by atoms with van der Waals surface area (Å²) in [7, 11) is 3.04. The highest BCUT2D eigenvalue weighted by molar-refractivity contribution is 6.70. The van der Waals surface area contributed by atoms with Crippen LogP contribution in [0.1, 0.15) is 0 Å². The van der Waals surface area contributed by atoms with Crippen molar-refractivity contribution in [3.63, 3.8) is 0 Å². The average molecular weight is 321 g/mol. The van der Waals surface area contributed by atoms with Gasteiger partial charge in [0.15, 0.2) is 0 Å². The summed E-state index contributed by atoms with van der Waals surface area (Å²) in [5.74, 6) is 0.496. The van der Waals surface area contributed by atoms with Gasteiger partial charge in [-0.25, -0.2) is 14.6 Å². The van der Waals surface area contributed by atoms with Crippen molar-refractivity contribution in [2.45, 2.75) is 0 Å². The van der Waals surface area contributed by atoms with Crippen LogP contribution in [0.15, 0.2) is 9.98 Å². The number of imide groups is 1. The molecule has 9 nitrogen and oxygen atoms in total. The van der Waals surface area contributed by atoms with Gasteiger partial charge in [0.05, 0.1) is 27.2 Å². The number of amides is 3. The second kappa shape index (κ2) is 6.26. The first kappa shape index (κ1) is 15.9. The van der Waals surface area contributed by atoms with Gasteiger partial charge in [0.2, 0.25) is 11.5 Å². The highest BCUT2D eigenvalue weighted by Crippen LogP contribution is 2.11. The molecule has 0 unspecified atom stereocenters. The van der Waals surface area contributed by atoms with Crippen LogP contribution >= 0.6 is 0 Å². The number of carbonyl (C=O) groups is 2. The van der Waals surface area contributed by atoms with E-state index in [0.29, 0.717) is 24.8 Å². The van der Waals surface area contributed by atoms with Crippen LogP contribution < -0.4 is 0 Å². The summed E-state index contributed by atoms with van der Waals surface area (Å²) in [6, 6.07) is -0.397. The minimum Gasteiger partial charge on any atom is -0.395 e. The van der Waals surface area contributed by atoms with Gasteiger partial charge in [-0.2, -0.15) is 9.48 Å². The van der Waals surface area contributed by atoms with Crippen molar-refractivity contribution in [2.75, 3.05) is 60.0 Å². The molecule has 1 fully saturated rings. The fraction of sp³-hybridized carbons (Fsp3) is 0.643. The molecule has 23 heavy (non-hydrogen) atoms. The lowest BCUT2D eigenvalue weighted by atomic mass is 10.2. The molecule has 3 aliphatic rings. The van der Waals surface area contributed by atoms with E-state index in [0.717, 1.165) is 31.1 Å². The number of aliphatic hydroxyl groups excluding tert-OH is 1. The molecule has 3 rings (SSSR count). The van der Waals surface area contributed by atoms with Gasteiger partial charge >= 0.3 is 17.8 Å². The number of hydrogen-bond donors (Lipinski definition) is 1. The molecule has 0 atom stereocenters. The lowest BCUT2D eigenvalue weighted by molar-refractivity contribution is -0.401. The number of urea groups is 1. The predicted octanol–water partition coefficient (Wildman–Crippen LogP) is -1.92. The van der Waals surface area contributed by atoms with E-state index in [4.69, 9.17) is 5.11 Å². The molecule has 3 heterocycles. The number of carbonyl (C=O) groups excluding carboxylic acids is 2. The third-order valence-electron chi connectivity index (χ3n) is 4.33. The fourth-order valence-corrected chi connectivity index (χ4v) is 2.90. The normalized spacial score (nSPS) is 23.3. The summed E-state index contributed by atoms with van der Waals surface area (Å²) in [6.45, 7) is 4.93. The average Bonchev–Trinajstić information content (AvgIpc) is 2.97. The van der Waals surface area contributed by atoms with Gasteiger partial charge in [-0.3, -0.25) is 9.80 Å². The van der Waals surface area contributed by atoms with Crippen LogP contribution in [0, 0.1) is 0 Å². The maximum Gasteiger partial charge on any atom is 0.446 e. The van der Waals surface area contributed by atoms with Gasteiger partial charge in [0, 0.05) is 32.7 Å². The first-order valence-electron chi connectivity index (χ1n) is 7.66. The van der Waals surface area contributed by atoms with Crippen LogP contribution in [-0.2, 0) is 4.79 Å². The molecule has 0 aromatic carbocycles. The smallest absolute Gasteiger partial charge is 0.395 e. The van der Waals surface area contributed by atoms with Crippen LogP contribution in [0.3, 0.4) is 0 Å². The third kappa shape index (κ3) is 2.94. The summed E-state index contributed by atoms with van der Waals surface area (Å²) < 4.78 is 1.35. The molecule has 0 aromatic heterocycles. The predicted molar refractivity (Wildman–Crippen MR) is 84.2 cm³/mol. The van der Waals surface area contributed by atoms with Gasteiger partial charge in [0.1, 0.15) is 0 Å². The first-order chi connectivity index (χ1) is 11.0. The molecule has 0 bridgehead atoms. The molecule has 124 valence electrons. The van der Waals surface area contributed by atoms with E-state index in [1.54, 1.807) is 7.05 Å². The Labute approximate surface area is 134 Å². The van der Waals surface area contributed by atoms with E-state index in [1.807, 2.05) is 0 Å². The standard InChI is InChI=1S/C14H21N6O3/c1-17-12-11(13(22)18(2)14(17)23)15-10(16-12)9-20-5-3-19(4-6-20)7-8-21/h21H,3-9H2,1-2H3/q+1. The lowest BCUT2D eigenvalue weighted by Gasteiger charge is -2.33. The van der Waals surface area contributed by atoms with Gasteiger partial charge in [-0.1, -0.05) is 4.99 Å². The summed E-state index contributed by atoms with van der Waals surface area (Å²) in [6.07, 6.45) is 0. The van der Waals surface area contributed by atoms with E-state index in [2.05, 4.69) is 19.8 Å². The van der Waals surface area contributed by atoms with Crippen LogP contribution in [0.4, 0.5) is 4.79 Å². The van der Waals surface area contributed by atoms with E-state index >= 15 is 0 Å². The number of hydrogen-bond acceptors (Lipinski definition) is 7. The quantitative estimate of drug-likeness (QED) is 0.610. The molecule has 0 aromatic rings. The Kier molecular flexibility index (Phi) is 4.33. The van der Waals surface area contributed by atoms with Crippen molar-refractivity contribution in [2.24, 2.45) is 9.98 Å². The van der Waals surface area contributed by atoms with Crippen molar-refractivity contribution in [3.05, 3.63) is 0 Å². The Morgan fingerprint density at radius 3 is 2.43 bits per heavy atom. The SMILES string of the molecule is CN1C(=O)C2=NC(CN3CCN(CCO)CC3)=NC2=[N+](C)C1=O. The van der Waals surface area contributed by atoms with E-state index in [1.165, 1.54) is 11.6 Å². The van der Waals surface area contributed by atoms with Gasteiger partial charge in [-0.15, -0.1) is 0 Å². The topological polar surface area (TPSA) is 91.8 Å². The van der Waals surface area contributed by atoms with E-state index < -0.39 is 11.9 Å². The number of piperazine rings is 1. The Balaban J connectivity index is 1.69. The molecular weight excluding hydrogens is 300 g/mol. The molecule has 0 spiro atoms. The third-order valence-corrected chi connectivity index (χ3v) is 4.33. The van der Waals surface area contributed by atoms with Gasteiger partial charge < -0.3 is 5.11 Å². The fourth-order valence-electron chi connectivity index (χ4n) is 2.90. The number of nitrogens with zero attached hydrogens (tertiary/aromatic N) is 6. The maximum absolute atomic E-state index is 12.1. The second-order valence-corrected chi connectivity index (χ2v) is 5.86. The summed E-state index contributed by atoms with van der Waals surface area (Å²) in [5, 5.41) is 8.96. The molecule has 0 saturated carbocycles. The van der Waals surface area contributed by atoms with Crippen LogP contribution in [0.25, 0.3) is 0 Å². The van der Waals surface area contributed by atoms with Crippen molar-refractivity contribution >= 4 is 29.3 Å². The van der Waals surface area contributed by atoms with Crippen LogP contribution in [0.5, 0.6) is 0 Å². The Morgan fingerprint density at radius 1 is 1.13 bits per heavy atom. The van der Waals surface area contributed by atoms with Crippen LogP contribution in [0.2, 0.25) is 0 Å². The largest absolute Gasteiger partial charge is 0.446 e. The molecule has 3 aliphatic heterocycles. The number of amidine groups is 2. The second-order valence-electron chi connectivity index (χ2n) is 5.86. The van der Waals surface area contributed by atoms with Crippen molar-refractivity contribution < 1.29 is 19.3 Å². The summed E-state index contributed by atoms with van der Waals surface area (Å²) in [4.78, 5) is 38.2. The number of aliphatic hydroxyl groups is 1. The zero-order valence-corrected chi connectivity index (χ0v) is 13.4. The zero-order valence-electron chi connectivity index (χ0n) is 13.4. The molecule has 1 N–H and O–H groups in total. The molecule has 3 amide bonds. The molecule has 0 radical (unpaired) electrons. The summed E-state index contributed by atoms with van der Waals surface area (Å²) in [5.41, 5.74) is 0.239. The molecule has 0 aliphatic carbocycles. The summed E-state index contributed by atoms with van der Waals surface area (Å²) >= 11 is 0. The highest BCUT2D eigenvalue weighted by Gasteiger charge is 2.44. The number of aliphatic imine (C=N–C) groups is 2. The highest BCUT2D eigenvalue weighted by atomic mass is 16.3. The maximum atomic E-state index is 12.1. The number of rotatable bonds is 4. The van der Waals surface area contributed by atoms with Crippen molar-refractivity contribution in [1.82, 2.24) is 14.7 Å². The molecular formula is C14H21N6O3+. The lowest BCUT2D eigenvalue weighted by Crippen LogP contribution is -2.51. The van der Waals surface area contributed by atoms with Crippen LogP contribution in [-0.4, -0.2) is 114 Å². The number of fused-ring (bicyclic) bond motifs is 1. The first-order valence-corrected chi connectivity index (χ1v) is 7.66. The minimum absolute atomic E-state index is 0.175. The monoisotopic (exact) mass is 321 g/mol. The van der Waals surface area contributed by atoms with Gasteiger partial charge in [0.25, 0.3) is 0 Å². The minimum atomic E-state index is -0.408. The van der Waals surface area contributed by atoms with Gasteiger partial charge in [-0.05, 0) is 0 Å². The molecule has 1 saturated heterocycles. The van der Waals surface area contributed by atoms with E-state index in [-0.39, 0.29) is 12.3 Å². The zero-order chi connectivity index (χ0) is 16.6.